The van der Waals surface area contributed by atoms with Crippen LogP contribution in [0, 0.1) is 0 Å². The van der Waals surface area contributed by atoms with Crippen LogP contribution in [-0.2, 0) is 90.0 Å². The first-order chi connectivity index (χ1) is 11.6. The molecule has 0 saturated heterocycles. The molecule has 0 amide bonds. The van der Waals surface area contributed by atoms with E-state index in [-0.39, 0.29) is 135 Å². The average Bonchev–Trinajstić information content (AvgIpc) is 2.34. The van der Waals surface area contributed by atoms with Crippen molar-refractivity contribution in [3.8, 4) is 0 Å². The summed E-state index contributed by atoms with van der Waals surface area (Å²) in [5.74, 6) is -12.0. The predicted molar refractivity (Wildman–Crippen MR) is 84.0 cm³/mol. The molecular formula is C12H10N12O14Pd3. The van der Waals surface area contributed by atoms with Crippen LogP contribution < -0.4 is 104 Å². The van der Waals surface area contributed by atoms with E-state index in [1.165, 1.54) is 0 Å². The van der Waals surface area contributed by atoms with Gasteiger partial charge in [-0.15, -0.1) is 0 Å². The summed E-state index contributed by atoms with van der Waals surface area (Å²) in [6.07, 6.45) is -5.43. The second-order valence-corrected chi connectivity index (χ2v) is 4.83. The van der Waals surface area contributed by atoms with E-state index in [9.17, 15) is 59.4 Å². The van der Waals surface area contributed by atoms with Crippen LogP contribution >= 0.6 is 0 Å². The number of rotatable bonds is 10. The van der Waals surface area contributed by atoms with Crippen molar-refractivity contribution in [2.24, 2.45) is 0 Å². The van der Waals surface area contributed by atoms with E-state index in [2.05, 4.69) is 0 Å². The molecule has 0 heterocycles. The number of carbonyl (C=O) groups excluding carboxylic acids is 6. The van der Waals surface area contributed by atoms with E-state index in [1.807, 2.05) is 0 Å². The Hall–Kier alpha value is -1.75. The number of carbonyl (C=O) groups is 6. The Bertz CT molecular complexity index is 556. The fraction of sp³-hybridized carbons (Fsp3) is 0.500. The second kappa shape index (κ2) is 51.0. The molecule has 0 aliphatic rings. The maximum Gasteiger partial charge on any atom is 2.00 e. The summed E-state index contributed by atoms with van der Waals surface area (Å²) in [6.45, 7) is 0. The smallest absolute Gasteiger partial charge is 0.550 e. The molecule has 0 aliphatic carbocycles. The molecule has 2 N–H and O–H groups in total. The van der Waals surface area contributed by atoms with Gasteiger partial charge in [-0.3, -0.25) is 0 Å². The summed E-state index contributed by atoms with van der Waals surface area (Å²) >= 11 is 0. The zero-order valence-corrected chi connectivity index (χ0v) is 23.6. The Kier molecular flexibility index (Phi) is 144. The minimum Gasteiger partial charge on any atom is -0.550 e. The Morgan fingerprint density at radius 2 is 0.463 bits per heavy atom. The maximum atomic E-state index is 10.1. The van der Waals surface area contributed by atoms with E-state index >= 15 is 0 Å². The van der Waals surface area contributed by atoms with Crippen molar-refractivity contribution < 1.29 is 131 Å². The number of carboxylic acid groups (broad SMARTS) is 6. The van der Waals surface area contributed by atoms with Gasteiger partial charge in [-0.2, -0.15) is 0 Å². The molecule has 0 bridgehead atoms. The molecule has 29 heteroatoms. The monoisotopic (exact) mass is 864 g/mol. The third-order valence-corrected chi connectivity index (χ3v) is 2.51. The van der Waals surface area contributed by atoms with Crippen LogP contribution in [0.5, 0.6) is 0 Å². The van der Waals surface area contributed by atoms with Gasteiger partial charge in [0.2, 0.25) is 0 Å². The van der Waals surface area contributed by atoms with Gasteiger partial charge in [-0.1, -0.05) is 0 Å². The molecule has 0 aliphatic heterocycles. The van der Waals surface area contributed by atoms with E-state index < -0.39 is 72.7 Å². The third-order valence-electron chi connectivity index (χ3n) is 2.51. The molecule has 0 spiro atoms. The van der Waals surface area contributed by atoms with Gasteiger partial charge >= 0.3 is 61.3 Å². The number of aliphatic carboxylic acids is 6. The summed E-state index contributed by atoms with van der Waals surface area (Å²) in [5, 5.41) is 77.9. The van der Waals surface area contributed by atoms with Gasteiger partial charge < -0.3 is 69.6 Å². The Morgan fingerprint density at radius 1 is 0.366 bits per heavy atom. The Balaban J connectivity index is -0.0000000137. The fourth-order valence-electron chi connectivity index (χ4n) is 1.37. The molecule has 0 rings (SSSR count). The maximum absolute atomic E-state index is 10.1. The first-order valence-electron chi connectivity index (χ1n) is 6.23. The standard InChI is InChI=1S/2C6H8O7.12N.3Pd/c2*7-3(8)1-6(13,5(11)12)2-4(9)10;;;;;;;;;;;;;;;/h2*13H,1-2H2,(H,7,8)(H,9,10)(H,11,12);;;;;;;;;;;;;;;/q;;;;;;;;;;;;;;3*+2/p-6. The summed E-state index contributed by atoms with van der Waals surface area (Å²) < 4.78 is 0. The summed E-state index contributed by atoms with van der Waals surface area (Å²) in [4.78, 5) is 60.0. The van der Waals surface area contributed by atoms with E-state index in [0.717, 1.165) is 0 Å². The molecule has 0 unspecified atom stereocenters. The first kappa shape index (κ1) is 116. The zero-order chi connectivity index (χ0) is 21.3. The van der Waals surface area contributed by atoms with Crippen molar-refractivity contribution in [2.75, 3.05) is 0 Å². The van der Waals surface area contributed by atoms with Crippen LogP contribution in [0.1, 0.15) is 25.7 Å². The van der Waals surface area contributed by atoms with Crippen molar-refractivity contribution in [3.05, 3.63) is 0 Å². The van der Waals surface area contributed by atoms with Gasteiger partial charge in [-0.05, 0) is 0 Å². The van der Waals surface area contributed by atoms with Gasteiger partial charge in [0.05, 0.1) is 11.9 Å². The van der Waals surface area contributed by atoms with Crippen molar-refractivity contribution in [1.29, 1.82) is 0 Å². The van der Waals surface area contributed by atoms with Gasteiger partial charge in [0.1, 0.15) is 11.2 Å². The van der Waals surface area contributed by atoms with Crippen LogP contribution in [0.15, 0.2) is 0 Å². The largest absolute Gasteiger partial charge is 2.00 e. The topological polar surface area (TPSA) is 647 Å². The molecule has 36 radical (unpaired) electrons. The molecule has 0 aromatic rings. The van der Waals surface area contributed by atoms with Gasteiger partial charge in [0.25, 0.3) is 0 Å². The fourth-order valence-corrected chi connectivity index (χ4v) is 1.37. The van der Waals surface area contributed by atoms with Crippen LogP contribution in [0.25, 0.3) is 0 Å². The zero-order valence-electron chi connectivity index (χ0n) is 18.9. The number of carboxylic acids is 6. The molecule has 0 fully saturated rings. The molecule has 0 aromatic heterocycles. The van der Waals surface area contributed by atoms with Crippen molar-refractivity contribution in [3.63, 3.8) is 0 Å². The van der Waals surface area contributed by atoms with Crippen LogP contribution in [0.3, 0.4) is 0 Å². The van der Waals surface area contributed by atoms with Crippen molar-refractivity contribution in [2.45, 2.75) is 36.9 Å². The van der Waals surface area contributed by atoms with Gasteiger partial charge in [0, 0.05) is 123 Å². The van der Waals surface area contributed by atoms with E-state index in [1.54, 1.807) is 0 Å². The minimum atomic E-state index is -2.97. The van der Waals surface area contributed by atoms with E-state index in [4.69, 9.17) is 10.2 Å². The molecular weight excluding hydrogens is 855 g/mol. The molecule has 0 atom stereocenters. The van der Waals surface area contributed by atoms with Crippen LogP contribution in [0.4, 0.5) is 0 Å². The predicted octanol–water partition coefficient (Wildman–Crippen LogP) is -16.3. The Labute approximate surface area is 276 Å². The number of hydrogen-bond acceptors (Lipinski definition) is 14. The molecule has 26 nitrogen and oxygen atoms in total. The summed E-state index contributed by atoms with van der Waals surface area (Å²) in [5.41, 5.74) is -5.95. The van der Waals surface area contributed by atoms with Crippen molar-refractivity contribution in [1.82, 2.24) is 73.8 Å². The number of aliphatic hydroxyl groups is 2. The van der Waals surface area contributed by atoms with E-state index in [0.29, 0.717) is 0 Å². The quantitative estimate of drug-likeness (QED) is 0.193. The second-order valence-electron chi connectivity index (χ2n) is 4.83. The number of hydrogen-bond donors (Lipinski definition) is 2. The molecule has 41 heavy (non-hydrogen) atoms. The SMILES string of the molecule is O=C([O-])CC(O)(CC(=O)[O-])C(=O)[O-].O=C([O-])CC(O)(CC(=O)[O-])C(=O)[O-].[N].[N].[N].[N].[N].[N].[N].[N].[N].[N].[N].[N].[Pd+2].[Pd+2].[Pd+2]. The Morgan fingerprint density at radius 3 is 0.512 bits per heavy atom. The van der Waals surface area contributed by atoms with Crippen molar-refractivity contribution >= 4 is 35.8 Å². The first-order valence-corrected chi connectivity index (χ1v) is 6.23. The molecule has 0 saturated carbocycles. The molecule has 232 valence electrons. The molecule has 0 aromatic carbocycles. The average molecular weight is 866 g/mol. The van der Waals surface area contributed by atoms with Gasteiger partial charge in [0.15, 0.2) is 0 Å². The summed E-state index contributed by atoms with van der Waals surface area (Å²) in [7, 11) is 0. The summed E-state index contributed by atoms with van der Waals surface area (Å²) in [6, 6.07) is 0. The normalized spacial score (nSPS) is 6.88. The van der Waals surface area contributed by atoms with Crippen LogP contribution in [0.2, 0.25) is 0 Å². The van der Waals surface area contributed by atoms with Gasteiger partial charge in [-0.25, -0.2) is 0 Å². The minimum absolute atomic E-state index is 0. The van der Waals surface area contributed by atoms with Crippen LogP contribution in [-0.4, -0.2) is 57.2 Å². The number of nitrogens with zero attached hydrogens (tertiary/aromatic N) is 12. The third kappa shape index (κ3) is 54.9.